The molecule has 5 heteroatoms. The quantitative estimate of drug-likeness (QED) is 0.583. The van der Waals surface area contributed by atoms with Crippen molar-refractivity contribution in [2.45, 2.75) is 6.92 Å². The molecule has 0 radical (unpaired) electrons. The number of hydrogen-bond acceptors (Lipinski definition) is 4. The van der Waals surface area contributed by atoms with Crippen LogP contribution < -0.4 is 10.8 Å². The Balaban J connectivity index is 3.09. The highest BCUT2D eigenvalue weighted by Crippen LogP contribution is 2.13. The van der Waals surface area contributed by atoms with Gasteiger partial charge in [-0.2, -0.15) is 0 Å². The average Bonchev–Trinajstić information content (AvgIpc) is 1.94. The first-order valence-corrected chi connectivity index (χ1v) is 3.37. The first-order chi connectivity index (χ1) is 4.74. The van der Waals surface area contributed by atoms with E-state index < -0.39 is 0 Å². The summed E-state index contributed by atoms with van der Waals surface area (Å²) in [4.78, 5) is 7.93. The lowest BCUT2D eigenvalue weighted by Gasteiger charge is -2.01. The predicted octanol–water partition coefficient (Wildman–Crippen LogP) is 0.569. The van der Waals surface area contributed by atoms with Crippen molar-refractivity contribution in [2.24, 2.45) is 0 Å². The molecule has 0 aromatic carbocycles. The lowest BCUT2D eigenvalue weighted by molar-refractivity contribution is 1.07. The van der Waals surface area contributed by atoms with Crippen LogP contribution in [-0.2, 0) is 0 Å². The minimum Gasteiger partial charge on any atom is -0.394 e. The van der Waals surface area contributed by atoms with Gasteiger partial charge < -0.3 is 10.8 Å². The van der Waals surface area contributed by atoms with Crippen molar-refractivity contribution in [3.8, 4) is 0 Å². The number of aryl methyl sites for hydroxylation is 1. The third-order valence-corrected chi connectivity index (χ3v) is 1.35. The van der Waals surface area contributed by atoms with E-state index in [1.54, 1.807) is 6.20 Å². The monoisotopic (exact) mass is 156 g/mol. The maximum atomic E-state index is 5.50. The summed E-state index contributed by atoms with van der Waals surface area (Å²) in [5.41, 5.74) is 6.06. The van der Waals surface area contributed by atoms with Gasteiger partial charge in [-0.1, -0.05) is 0 Å². The molecule has 1 rings (SSSR count). The average molecular weight is 156 g/mol. The fraction of sp³-hybridized carbons (Fsp3) is 0.200. The Hall–Kier alpha value is -0.890. The lowest BCUT2D eigenvalue weighted by atomic mass is 10.5. The van der Waals surface area contributed by atoms with Crippen molar-refractivity contribution in [2.75, 3.05) is 10.8 Å². The van der Waals surface area contributed by atoms with Crippen molar-refractivity contribution in [1.82, 2.24) is 9.97 Å². The van der Waals surface area contributed by atoms with Crippen LogP contribution in [0.15, 0.2) is 6.20 Å². The third-order valence-electron chi connectivity index (χ3n) is 1.07. The van der Waals surface area contributed by atoms with E-state index in [4.69, 9.17) is 5.73 Å². The second kappa shape index (κ2) is 2.80. The van der Waals surface area contributed by atoms with E-state index in [0.717, 1.165) is 0 Å². The highest BCUT2D eigenvalue weighted by Gasteiger charge is 1.96. The number of nitrogens with zero attached hydrogens (tertiary/aromatic N) is 2. The van der Waals surface area contributed by atoms with Crippen molar-refractivity contribution in [3.63, 3.8) is 0 Å². The van der Waals surface area contributed by atoms with Crippen LogP contribution in [0.25, 0.3) is 0 Å². The third kappa shape index (κ3) is 1.33. The molecule has 1 aromatic rings. The highest BCUT2D eigenvalue weighted by molar-refractivity contribution is 7.18. The van der Waals surface area contributed by atoms with Gasteiger partial charge >= 0.3 is 0 Å². The summed E-state index contributed by atoms with van der Waals surface area (Å²) in [6, 6.07) is 0. The van der Waals surface area contributed by atoms with E-state index in [-0.39, 0.29) is 0 Å². The van der Waals surface area contributed by atoms with Gasteiger partial charge in [-0.15, -0.1) is 0 Å². The molecular weight excluding hydrogens is 147 g/mol. The molecule has 0 fully saturated rings. The van der Waals surface area contributed by atoms with Gasteiger partial charge in [0.1, 0.15) is 5.82 Å². The maximum Gasteiger partial charge on any atom is 0.155 e. The Morgan fingerprint density at radius 1 is 1.70 bits per heavy atom. The number of rotatable bonds is 1. The first kappa shape index (κ1) is 7.22. The highest BCUT2D eigenvalue weighted by atomic mass is 31.0. The minimum atomic E-state index is 0.556. The van der Waals surface area contributed by atoms with Crippen LogP contribution in [0.1, 0.15) is 5.82 Å². The summed E-state index contributed by atoms with van der Waals surface area (Å²) in [5.74, 6) is 1.36. The zero-order chi connectivity index (χ0) is 7.56. The van der Waals surface area contributed by atoms with Gasteiger partial charge in [0, 0.05) is 0 Å². The van der Waals surface area contributed by atoms with E-state index in [1.165, 1.54) is 0 Å². The molecule has 10 heavy (non-hydrogen) atoms. The molecule has 1 atom stereocenters. The lowest BCUT2D eigenvalue weighted by Crippen LogP contribution is -1.97. The molecule has 4 nitrogen and oxygen atoms in total. The number of anilines is 2. The van der Waals surface area contributed by atoms with Crippen LogP contribution >= 0.6 is 9.39 Å². The van der Waals surface area contributed by atoms with Gasteiger partial charge in [0.25, 0.3) is 0 Å². The Bertz CT molecular complexity index is 237. The van der Waals surface area contributed by atoms with Crippen LogP contribution in [0.4, 0.5) is 11.5 Å². The van der Waals surface area contributed by atoms with Gasteiger partial charge in [-0.05, 0) is 16.3 Å². The summed E-state index contributed by atoms with van der Waals surface area (Å²) in [7, 11) is 2.33. The van der Waals surface area contributed by atoms with E-state index in [9.17, 15) is 0 Å². The number of nitrogens with two attached hydrogens (primary N) is 1. The van der Waals surface area contributed by atoms with Crippen molar-refractivity contribution in [1.29, 1.82) is 0 Å². The summed E-state index contributed by atoms with van der Waals surface area (Å²) >= 11 is 0. The normalized spacial score (nSPS) is 9.40. The number of nitrogen functional groups attached to an aromatic ring is 1. The fourth-order valence-electron chi connectivity index (χ4n) is 0.595. The smallest absolute Gasteiger partial charge is 0.155 e. The molecule has 0 spiro atoms. The zero-order valence-electron chi connectivity index (χ0n) is 5.63. The standard InChI is InChI=1S/C5H9N4P/c1-3-7-2-4(6)5(8-3)9-10/h2H,6,10H2,1H3,(H,7,8,9). The second-order valence-corrected chi connectivity index (χ2v) is 2.15. The van der Waals surface area contributed by atoms with Gasteiger partial charge in [-0.3, -0.25) is 0 Å². The molecule has 1 heterocycles. The Morgan fingerprint density at radius 2 is 2.40 bits per heavy atom. The SMILES string of the molecule is Cc1ncc(N)c(NP)n1. The van der Waals surface area contributed by atoms with Gasteiger partial charge in [-0.25, -0.2) is 9.97 Å². The van der Waals surface area contributed by atoms with E-state index in [2.05, 4.69) is 24.4 Å². The van der Waals surface area contributed by atoms with Crippen LogP contribution in [0.2, 0.25) is 0 Å². The molecule has 3 N–H and O–H groups in total. The van der Waals surface area contributed by atoms with E-state index in [1.807, 2.05) is 6.92 Å². The molecule has 54 valence electrons. The Kier molecular flexibility index (Phi) is 2.02. The molecule has 0 saturated carbocycles. The molecule has 1 aromatic heterocycles. The molecule has 0 bridgehead atoms. The van der Waals surface area contributed by atoms with Crippen molar-refractivity contribution >= 4 is 20.9 Å². The summed E-state index contributed by atoms with van der Waals surface area (Å²) in [6.45, 7) is 1.81. The summed E-state index contributed by atoms with van der Waals surface area (Å²) in [6.07, 6.45) is 1.58. The van der Waals surface area contributed by atoms with Gasteiger partial charge in [0.15, 0.2) is 5.82 Å². The van der Waals surface area contributed by atoms with Crippen molar-refractivity contribution < 1.29 is 0 Å². The Labute approximate surface area is 61.5 Å². The second-order valence-electron chi connectivity index (χ2n) is 1.87. The van der Waals surface area contributed by atoms with Crippen LogP contribution in [-0.4, -0.2) is 9.97 Å². The Morgan fingerprint density at radius 3 is 2.90 bits per heavy atom. The van der Waals surface area contributed by atoms with Crippen LogP contribution in [0.5, 0.6) is 0 Å². The summed E-state index contributed by atoms with van der Waals surface area (Å²) in [5, 5.41) is 2.78. The number of aromatic nitrogens is 2. The van der Waals surface area contributed by atoms with Crippen LogP contribution in [0, 0.1) is 6.92 Å². The molecule has 1 unspecified atom stereocenters. The first-order valence-electron chi connectivity index (χ1n) is 2.80. The van der Waals surface area contributed by atoms with Gasteiger partial charge in [0.2, 0.25) is 0 Å². The largest absolute Gasteiger partial charge is 0.394 e. The van der Waals surface area contributed by atoms with E-state index in [0.29, 0.717) is 17.3 Å². The topological polar surface area (TPSA) is 63.8 Å². The molecule has 0 saturated heterocycles. The predicted molar refractivity (Wildman–Crippen MR) is 44.5 cm³/mol. The fourth-order valence-corrected chi connectivity index (χ4v) is 0.826. The molecule has 0 aliphatic carbocycles. The molecular formula is C5H9N4P. The number of nitrogens with one attached hydrogen (secondary N) is 1. The molecule has 0 aliphatic heterocycles. The molecule has 0 aliphatic rings. The van der Waals surface area contributed by atoms with Crippen molar-refractivity contribution in [3.05, 3.63) is 12.0 Å². The number of hydrogen-bond donors (Lipinski definition) is 2. The van der Waals surface area contributed by atoms with Crippen LogP contribution in [0.3, 0.4) is 0 Å². The zero-order valence-corrected chi connectivity index (χ0v) is 6.78. The van der Waals surface area contributed by atoms with Gasteiger partial charge in [0.05, 0.1) is 11.9 Å². The summed E-state index contributed by atoms with van der Waals surface area (Å²) < 4.78 is 0. The maximum absolute atomic E-state index is 5.50. The molecule has 0 amide bonds. The van der Waals surface area contributed by atoms with E-state index >= 15 is 0 Å². The minimum absolute atomic E-state index is 0.556.